The van der Waals surface area contributed by atoms with Gasteiger partial charge in [-0.1, -0.05) is 24.3 Å². The molecular formula is C18H14F3N5O2. The molecule has 1 heterocycles. The molecule has 0 bridgehead atoms. The van der Waals surface area contributed by atoms with Gasteiger partial charge in [0, 0.05) is 6.20 Å². The highest BCUT2D eigenvalue weighted by Crippen LogP contribution is 2.32. The number of hydrogen-bond acceptors (Lipinski definition) is 3. The lowest BCUT2D eigenvalue weighted by molar-refractivity contribution is -0.137. The van der Waals surface area contributed by atoms with E-state index in [1.807, 2.05) is 0 Å². The summed E-state index contributed by atoms with van der Waals surface area (Å²) in [7, 11) is 0. The molecule has 10 heteroatoms. The first-order valence-electron chi connectivity index (χ1n) is 7.89. The van der Waals surface area contributed by atoms with E-state index in [2.05, 4.69) is 10.4 Å². The Balaban J connectivity index is 1.93. The number of rotatable bonds is 4. The minimum atomic E-state index is -4.43. The number of urea groups is 1. The molecule has 2 aromatic carbocycles. The molecule has 0 radical (unpaired) electrons. The van der Waals surface area contributed by atoms with Gasteiger partial charge in [0.05, 0.1) is 11.3 Å². The molecular weight excluding hydrogens is 375 g/mol. The summed E-state index contributed by atoms with van der Waals surface area (Å²) in [6, 6.07) is 10.5. The Morgan fingerprint density at radius 1 is 1.00 bits per heavy atom. The molecule has 7 nitrogen and oxygen atoms in total. The second-order valence-electron chi connectivity index (χ2n) is 5.81. The molecule has 0 aliphatic carbocycles. The van der Waals surface area contributed by atoms with Crippen LogP contribution in [0.3, 0.4) is 0 Å². The van der Waals surface area contributed by atoms with E-state index in [1.165, 1.54) is 16.9 Å². The van der Waals surface area contributed by atoms with Crippen molar-refractivity contribution in [1.29, 1.82) is 0 Å². The van der Waals surface area contributed by atoms with Crippen LogP contribution in [0.2, 0.25) is 0 Å². The van der Waals surface area contributed by atoms with E-state index in [-0.39, 0.29) is 11.4 Å². The Bertz CT molecular complexity index is 1040. The molecule has 0 aliphatic heterocycles. The molecule has 1 aromatic heterocycles. The fourth-order valence-electron chi connectivity index (χ4n) is 2.58. The topological polar surface area (TPSA) is 116 Å². The van der Waals surface area contributed by atoms with E-state index < -0.39 is 23.7 Å². The van der Waals surface area contributed by atoms with Crippen molar-refractivity contribution < 1.29 is 22.8 Å². The van der Waals surface area contributed by atoms with E-state index in [0.29, 0.717) is 16.8 Å². The van der Waals surface area contributed by atoms with Gasteiger partial charge in [0.2, 0.25) is 0 Å². The van der Waals surface area contributed by atoms with Crippen LogP contribution in [0.25, 0.3) is 16.8 Å². The second kappa shape index (κ2) is 7.06. The summed E-state index contributed by atoms with van der Waals surface area (Å²) in [5.74, 6) is -0.905. The number of anilines is 1. The van der Waals surface area contributed by atoms with Crippen molar-refractivity contribution in [3.05, 3.63) is 65.9 Å². The smallest absolute Gasteiger partial charge is 0.365 e. The van der Waals surface area contributed by atoms with E-state index in [1.54, 1.807) is 30.3 Å². The molecule has 144 valence electrons. The molecule has 0 fully saturated rings. The van der Waals surface area contributed by atoms with E-state index in [0.717, 1.165) is 12.1 Å². The van der Waals surface area contributed by atoms with Crippen molar-refractivity contribution in [1.82, 2.24) is 9.78 Å². The molecule has 0 unspecified atom stereocenters. The number of amides is 3. The van der Waals surface area contributed by atoms with Crippen LogP contribution in [0.15, 0.2) is 54.7 Å². The zero-order valence-electron chi connectivity index (χ0n) is 14.2. The Hall–Kier alpha value is -3.82. The summed E-state index contributed by atoms with van der Waals surface area (Å²) in [6.45, 7) is 0. The van der Waals surface area contributed by atoms with Gasteiger partial charge in [-0.3, -0.25) is 10.1 Å². The number of nitrogens with two attached hydrogens (primary N) is 2. The fraction of sp³-hybridized carbons (Fsp3) is 0.0556. The van der Waals surface area contributed by atoms with Crippen LogP contribution in [0.1, 0.15) is 15.9 Å². The summed E-state index contributed by atoms with van der Waals surface area (Å²) >= 11 is 0. The number of carbonyl (C=O) groups is 2. The molecule has 5 N–H and O–H groups in total. The number of aromatic nitrogens is 2. The molecule has 0 spiro atoms. The fourth-order valence-corrected chi connectivity index (χ4v) is 2.58. The Labute approximate surface area is 156 Å². The zero-order valence-corrected chi connectivity index (χ0v) is 14.2. The molecule has 28 heavy (non-hydrogen) atoms. The number of carbonyl (C=O) groups excluding carboxylic acids is 2. The molecule has 0 saturated carbocycles. The zero-order chi connectivity index (χ0) is 20.5. The van der Waals surface area contributed by atoms with Gasteiger partial charge >= 0.3 is 12.2 Å². The van der Waals surface area contributed by atoms with Crippen LogP contribution in [0.4, 0.5) is 23.8 Å². The number of hydrogen-bond donors (Lipinski definition) is 3. The SMILES string of the molecule is NC(=O)Nc1nn(-c2ccc(-c3cccc(C(F)(F)F)c3)cc2)cc1C(N)=O. The van der Waals surface area contributed by atoms with Crippen molar-refractivity contribution in [3.63, 3.8) is 0 Å². The summed E-state index contributed by atoms with van der Waals surface area (Å²) in [5, 5.41) is 6.25. The highest BCUT2D eigenvalue weighted by atomic mass is 19.4. The number of nitrogens with zero attached hydrogens (tertiary/aromatic N) is 2. The first-order chi connectivity index (χ1) is 13.1. The molecule has 3 rings (SSSR count). The third-order valence-corrected chi connectivity index (χ3v) is 3.88. The Morgan fingerprint density at radius 3 is 2.25 bits per heavy atom. The third-order valence-electron chi connectivity index (χ3n) is 3.88. The third kappa shape index (κ3) is 3.95. The number of primary amides is 2. The lowest BCUT2D eigenvalue weighted by atomic mass is 10.0. The van der Waals surface area contributed by atoms with Gasteiger partial charge in [-0.25, -0.2) is 9.48 Å². The van der Waals surface area contributed by atoms with Crippen molar-refractivity contribution in [3.8, 4) is 16.8 Å². The quantitative estimate of drug-likeness (QED) is 0.636. The predicted molar refractivity (Wildman–Crippen MR) is 95.7 cm³/mol. The number of benzene rings is 2. The number of nitrogens with one attached hydrogen (secondary N) is 1. The van der Waals surface area contributed by atoms with Crippen molar-refractivity contribution in [2.24, 2.45) is 11.5 Å². The standard InChI is InChI=1S/C18H14F3N5O2/c19-18(20,21)12-3-1-2-11(8-12)10-4-6-13(7-5-10)26-9-14(15(22)27)16(25-26)24-17(23)28/h1-9H,(H2,22,27)(H3,23,24,25,28). The van der Waals surface area contributed by atoms with Gasteiger partial charge < -0.3 is 11.5 Å². The average molecular weight is 389 g/mol. The van der Waals surface area contributed by atoms with Crippen LogP contribution in [-0.4, -0.2) is 21.7 Å². The Morgan fingerprint density at radius 2 is 1.68 bits per heavy atom. The molecule has 0 atom stereocenters. The van der Waals surface area contributed by atoms with E-state index in [4.69, 9.17) is 11.5 Å². The first-order valence-corrected chi connectivity index (χ1v) is 7.89. The highest BCUT2D eigenvalue weighted by Gasteiger charge is 2.30. The van der Waals surface area contributed by atoms with Crippen molar-refractivity contribution >= 4 is 17.8 Å². The number of halogens is 3. The maximum atomic E-state index is 12.9. The maximum absolute atomic E-state index is 12.9. The second-order valence-corrected chi connectivity index (χ2v) is 5.81. The van der Waals surface area contributed by atoms with Crippen LogP contribution in [-0.2, 0) is 6.18 Å². The normalized spacial score (nSPS) is 11.2. The number of alkyl halides is 3. The summed E-state index contributed by atoms with van der Waals surface area (Å²) in [5.41, 5.74) is 11.0. The lowest BCUT2D eigenvalue weighted by Gasteiger charge is -2.09. The minimum Gasteiger partial charge on any atom is -0.365 e. The van der Waals surface area contributed by atoms with Crippen LogP contribution >= 0.6 is 0 Å². The van der Waals surface area contributed by atoms with Gasteiger partial charge in [-0.2, -0.15) is 13.2 Å². The van der Waals surface area contributed by atoms with Gasteiger partial charge in [-0.15, -0.1) is 5.10 Å². The highest BCUT2D eigenvalue weighted by molar-refractivity contribution is 6.01. The predicted octanol–water partition coefficient (Wildman–Crippen LogP) is 3.15. The van der Waals surface area contributed by atoms with Crippen LogP contribution in [0.5, 0.6) is 0 Å². The average Bonchev–Trinajstić information content (AvgIpc) is 3.04. The molecule has 3 amide bonds. The van der Waals surface area contributed by atoms with Crippen LogP contribution in [0, 0.1) is 0 Å². The molecule has 0 saturated heterocycles. The van der Waals surface area contributed by atoms with Gasteiger partial charge in [0.1, 0.15) is 5.56 Å². The summed E-state index contributed by atoms with van der Waals surface area (Å²) < 4.78 is 39.9. The first kappa shape index (κ1) is 19.0. The minimum absolute atomic E-state index is 0.0410. The largest absolute Gasteiger partial charge is 0.416 e. The van der Waals surface area contributed by atoms with Gasteiger partial charge in [0.15, 0.2) is 5.82 Å². The monoisotopic (exact) mass is 389 g/mol. The maximum Gasteiger partial charge on any atom is 0.416 e. The van der Waals surface area contributed by atoms with Crippen molar-refractivity contribution in [2.75, 3.05) is 5.32 Å². The molecule has 3 aromatic rings. The van der Waals surface area contributed by atoms with E-state index in [9.17, 15) is 22.8 Å². The summed E-state index contributed by atoms with van der Waals surface area (Å²) in [4.78, 5) is 22.5. The molecule has 0 aliphatic rings. The summed E-state index contributed by atoms with van der Waals surface area (Å²) in [6.07, 6.45) is -3.12. The van der Waals surface area contributed by atoms with Gasteiger partial charge in [0.25, 0.3) is 5.91 Å². The lowest BCUT2D eigenvalue weighted by Crippen LogP contribution is -2.22. The van der Waals surface area contributed by atoms with E-state index >= 15 is 0 Å². The van der Waals surface area contributed by atoms with Gasteiger partial charge in [-0.05, 0) is 35.4 Å². The Kier molecular flexibility index (Phi) is 4.78. The van der Waals surface area contributed by atoms with Crippen molar-refractivity contribution in [2.45, 2.75) is 6.18 Å². The van der Waals surface area contributed by atoms with Crippen LogP contribution < -0.4 is 16.8 Å².